The van der Waals surface area contributed by atoms with Crippen LogP contribution in [0.15, 0.2) is 12.7 Å². The molecule has 0 aromatic carbocycles. The molecule has 0 aromatic rings. The van der Waals surface area contributed by atoms with Crippen LogP contribution in [0, 0.1) is 0 Å². The van der Waals surface area contributed by atoms with E-state index >= 15 is 0 Å². The fraction of sp³-hybridized carbons (Fsp3) is 0.667. The zero-order valence-corrected chi connectivity index (χ0v) is 4.85. The Morgan fingerprint density at radius 1 is 1.86 bits per heavy atom. The number of hydrogen-bond acceptors (Lipinski definition) is 1. The molecule has 0 spiro atoms. The molecule has 0 aromatic heterocycles. The molecular formula is C6H13N. The van der Waals surface area contributed by atoms with E-state index in [0.29, 0.717) is 6.04 Å². The summed E-state index contributed by atoms with van der Waals surface area (Å²) in [6.45, 7) is 5.58. The van der Waals surface area contributed by atoms with Gasteiger partial charge in [0.25, 0.3) is 0 Å². The number of nitrogens with two attached hydrogens (primary N) is 1. The highest BCUT2D eigenvalue weighted by Crippen LogP contribution is 1.91. The van der Waals surface area contributed by atoms with Gasteiger partial charge in [0.1, 0.15) is 0 Å². The standard InChI is InChI=1S/C6H13N/c1-3-4-5-6(2)7/h3,6H,1,4-5,7H2,2H3. The summed E-state index contributed by atoms with van der Waals surface area (Å²) in [4.78, 5) is 0. The smallest absolute Gasteiger partial charge is 0.00134 e. The molecule has 0 aliphatic carbocycles. The van der Waals surface area contributed by atoms with Crippen LogP contribution in [0.1, 0.15) is 19.8 Å². The van der Waals surface area contributed by atoms with Gasteiger partial charge in [-0.2, -0.15) is 0 Å². The van der Waals surface area contributed by atoms with Gasteiger partial charge in [-0.15, -0.1) is 6.58 Å². The van der Waals surface area contributed by atoms with Gasteiger partial charge in [0.15, 0.2) is 0 Å². The largest absolute Gasteiger partial charge is 0.328 e. The molecule has 0 saturated heterocycles. The van der Waals surface area contributed by atoms with Gasteiger partial charge in [0, 0.05) is 6.04 Å². The number of hydrogen-bond donors (Lipinski definition) is 1. The maximum atomic E-state index is 5.43. The molecule has 1 nitrogen and oxygen atoms in total. The summed E-state index contributed by atoms with van der Waals surface area (Å²) in [7, 11) is 0. The molecule has 0 bridgehead atoms. The van der Waals surface area contributed by atoms with Gasteiger partial charge in [0.2, 0.25) is 0 Å². The first kappa shape index (κ1) is 6.70. The molecule has 0 amide bonds. The summed E-state index contributed by atoms with van der Waals surface area (Å²) < 4.78 is 0. The minimum Gasteiger partial charge on any atom is -0.328 e. The molecule has 0 saturated carbocycles. The second-order valence-corrected chi connectivity index (χ2v) is 1.84. The average Bonchev–Trinajstić information content (AvgIpc) is 1.61. The Balaban J connectivity index is 2.81. The van der Waals surface area contributed by atoms with Crippen molar-refractivity contribution in [2.45, 2.75) is 25.8 Å². The summed E-state index contributed by atoms with van der Waals surface area (Å²) in [6.07, 6.45) is 3.99. The highest BCUT2D eigenvalue weighted by Gasteiger charge is 1.87. The van der Waals surface area contributed by atoms with Crippen molar-refractivity contribution >= 4 is 0 Å². The van der Waals surface area contributed by atoms with Gasteiger partial charge >= 0.3 is 0 Å². The van der Waals surface area contributed by atoms with Crippen LogP contribution in [0.3, 0.4) is 0 Å². The molecule has 1 unspecified atom stereocenters. The monoisotopic (exact) mass is 99.1 g/mol. The molecule has 7 heavy (non-hydrogen) atoms. The van der Waals surface area contributed by atoms with Crippen molar-refractivity contribution in [1.82, 2.24) is 0 Å². The van der Waals surface area contributed by atoms with Gasteiger partial charge in [-0.1, -0.05) is 6.08 Å². The van der Waals surface area contributed by atoms with E-state index < -0.39 is 0 Å². The highest BCUT2D eigenvalue weighted by molar-refractivity contribution is 4.68. The Bertz CT molecular complexity index is 48.1. The summed E-state index contributed by atoms with van der Waals surface area (Å²) in [5, 5.41) is 0. The molecule has 1 atom stereocenters. The fourth-order valence-electron chi connectivity index (χ4n) is 0.381. The van der Waals surface area contributed by atoms with E-state index in [1.807, 2.05) is 13.0 Å². The molecule has 42 valence electrons. The molecule has 2 N–H and O–H groups in total. The molecule has 0 radical (unpaired) electrons. The lowest BCUT2D eigenvalue weighted by Gasteiger charge is -1.97. The Labute approximate surface area is 45.2 Å². The lowest BCUT2D eigenvalue weighted by molar-refractivity contribution is 0.676. The first-order valence-corrected chi connectivity index (χ1v) is 2.64. The van der Waals surface area contributed by atoms with E-state index in [1.165, 1.54) is 0 Å². The third-order valence-electron chi connectivity index (χ3n) is 0.826. The Hall–Kier alpha value is -0.300. The SMILES string of the molecule is C=CCCC(C)N. The molecule has 0 rings (SSSR count). The van der Waals surface area contributed by atoms with Gasteiger partial charge in [-0.25, -0.2) is 0 Å². The van der Waals surface area contributed by atoms with Crippen molar-refractivity contribution < 1.29 is 0 Å². The third kappa shape index (κ3) is 5.70. The van der Waals surface area contributed by atoms with Crippen LogP contribution < -0.4 is 5.73 Å². The summed E-state index contributed by atoms with van der Waals surface area (Å²) in [5.74, 6) is 0. The second kappa shape index (κ2) is 3.88. The minimum absolute atomic E-state index is 0.331. The van der Waals surface area contributed by atoms with Crippen molar-refractivity contribution in [3.8, 4) is 0 Å². The van der Waals surface area contributed by atoms with Crippen molar-refractivity contribution in [1.29, 1.82) is 0 Å². The third-order valence-corrected chi connectivity index (χ3v) is 0.826. The topological polar surface area (TPSA) is 26.0 Å². The van der Waals surface area contributed by atoms with Crippen LogP contribution >= 0.6 is 0 Å². The Morgan fingerprint density at radius 2 is 2.43 bits per heavy atom. The quantitative estimate of drug-likeness (QED) is 0.530. The van der Waals surface area contributed by atoms with Crippen LogP contribution in [-0.2, 0) is 0 Å². The van der Waals surface area contributed by atoms with Crippen molar-refractivity contribution in [3.63, 3.8) is 0 Å². The molecule has 0 fully saturated rings. The molecule has 1 heteroatoms. The van der Waals surface area contributed by atoms with E-state index in [9.17, 15) is 0 Å². The Kier molecular flexibility index (Phi) is 3.71. The first-order chi connectivity index (χ1) is 3.27. The zero-order chi connectivity index (χ0) is 5.70. The first-order valence-electron chi connectivity index (χ1n) is 2.64. The van der Waals surface area contributed by atoms with Crippen LogP contribution in [0.4, 0.5) is 0 Å². The van der Waals surface area contributed by atoms with Crippen LogP contribution in [0.25, 0.3) is 0 Å². The van der Waals surface area contributed by atoms with Crippen molar-refractivity contribution in [2.75, 3.05) is 0 Å². The van der Waals surface area contributed by atoms with Crippen LogP contribution in [0.5, 0.6) is 0 Å². The predicted octanol–water partition coefficient (Wildman–Crippen LogP) is 1.30. The van der Waals surface area contributed by atoms with Crippen LogP contribution in [-0.4, -0.2) is 6.04 Å². The number of allylic oxidation sites excluding steroid dienone is 1. The lowest BCUT2D eigenvalue weighted by atomic mass is 10.2. The molecule has 0 aliphatic rings. The van der Waals surface area contributed by atoms with E-state index in [1.54, 1.807) is 0 Å². The summed E-state index contributed by atoms with van der Waals surface area (Å²) in [6, 6.07) is 0.331. The van der Waals surface area contributed by atoms with Crippen LogP contribution in [0.2, 0.25) is 0 Å². The maximum Gasteiger partial charge on any atom is 0.00134 e. The molecule has 0 aliphatic heterocycles. The van der Waals surface area contributed by atoms with Gasteiger partial charge < -0.3 is 5.73 Å². The Morgan fingerprint density at radius 3 is 2.57 bits per heavy atom. The van der Waals surface area contributed by atoms with Gasteiger partial charge in [-0.05, 0) is 19.8 Å². The van der Waals surface area contributed by atoms with Gasteiger partial charge in [0.05, 0.1) is 0 Å². The van der Waals surface area contributed by atoms with E-state index in [4.69, 9.17) is 5.73 Å². The maximum absolute atomic E-state index is 5.43. The van der Waals surface area contributed by atoms with Crippen molar-refractivity contribution in [3.05, 3.63) is 12.7 Å². The second-order valence-electron chi connectivity index (χ2n) is 1.84. The predicted molar refractivity (Wildman–Crippen MR) is 33.1 cm³/mol. The zero-order valence-electron chi connectivity index (χ0n) is 4.85. The number of rotatable bonds is 3. The van der Waals surface area contributed by atoms with Crippen molar-refractivity contribution in [2.24, 2.45) is 5.73 Å². The highest BCUT2D eigenvalue weighted by atomic mass is 14.6. The fourth-order valence-corrected chi connectivity index (χ4v) is 0.381. The van der Waals surface area contributed by atoms with E-state index in [-0.39, 0.29) is 0 Å². The molecule has 0 heterocycles. The summed E-state index contributed by atoms with van der Waals surface area (Å²) in [5.41, 5.74) is 5.43. The normalized spacial score (nSPS) is 13.4. The summed E-state index contributed by atoms with van der Waals surface area (Å²) >= 11 is 0. The molecular weight excluding hydrogens is 86.1 g/mol. The lowest BCUT2D eigenvalue weighted by Crippen LogP contribution is -2.13. The van der Waals surface area contributed by atoms with E-state index in [0.717, 1.165) is 12.8 Å². The minimum atomic E-state index is 0.331. The average molecular weight is 99.2 g/mol. The van der Waals surface area contributed by atoms with Gasteiger partial charge in [-0.3, -0.25) is 0 Å². The van der Waals surface area contributed by atoms with E-state index in [2.05, 4.69) is 6.58 Å².